The minimum absolute atomic E-state index is 0.111. The van der Waals surface area contributed by atoms with E-state index < -0.39 is 0 Å². The fraction of sp³-hybridized carbons (Fsp3) is 0.421. The number of hydrogen-bond donors (Lipinski definition) is 2. The molecule has 1 unspecified atom stereocenters. The number of carbonyl (C=O) groups is 1. The number of rotatable bonds is 7. The standard InChI is InChI=1S/C19H26N4O/c1-5-14(4)21-19(24)16-11-17(20-12-13(2)3)23-18(22-16)15-9-7-6-8-10-15/h6-11,13-14H,5,12H2,1-4H3,(H,21,24)(H,20,22,23). The molecule has 0 aliphatic carbocycles. The molecule has 0 aliphatic rings. The van der Waals surface area contributed by atoms with Crippen molar-refractivity contribution in [2.75, 3.05) is 11.9 Å². The maximum absolute atomic E-state index is 12.5. The molecule has 5 nitrogen and oxygen atoms in total. The van der Waals surface area contributed by atoms with E-state index in [1.165, 1.54) is 0 Å². The highest BCUT2D eigenvalue weighted by Crippen LogP contribution is 2.18. The number of aromatic nitrogens is 2. The van der Waals surface area contributed by atoms with Gasteiger partial charge in [0.05, 0.1) is 0 Å². The SMILES string of the molecule is CCC(C)NC(=O)c1cc(NCC(C)C)nc(-c2ccccc2)n1. The van der Waals surface area contributed by atoms with Crippen molar-refractivity contribution < 1.29 is 4.79 Å². The van der Waals surface area contributed by atoms with Crippen LogP contribution in [0.5, 0.6) is 0 Å². The summed E-state index contributed by atoms with van der Waals surface area (Å²) in [5, 5.41) is 6.25. The van der Waals surface area contributed by atoms with Crippen LogP contribution in [0.2, 0.25) is 0 Å². The molecule has 1 aromatic heterocycles. The summed E-state index contributed by atoms with van der Waals surface area (Å²) < 4.78 is 0. The molecule has 5 heteroatoms. The van der Waals surface area contributed by atoms with E-state index in [0.717, 1.165) is 18.5 Å². The third-order valence-electron chi connectivity index (χ3n) is 3.67. The number of hydrogen-bond acceptors (Lipinski definition) is 4. The predicted molar refractivity (Wildman–Crippen MR) is 98.0 cm³/mol. The molecule has 0 fully saturated rings. The molecule has 1 aromatic carbocycles. The van der Waals surface area contributed by atoms with E-state index in [1.807, 2.05) is 44.2 Å². The van der Waals surface area contributed by atoms with Gasteiger partial charge in [-0.3, -0.25) is 4.79 Å². The number of nitrogens with one attached hydrogen (secondary N) is 2. The lowest BCUT2D eigenvalue weighted by Crippen LogP contribution is -2.32. The minimum Gasteiger partial charge on any atom is -0.370 e. The maximum Gasteiger partial charge on any atom is 0.270 e. The summed E-state index contributed by atoms with van der Waals surface area (Å²) in [5.74, 6) is 1.54. The Balaban J connectivity index is 2.35. The molecule has 1 atom stereocenters. The van der Waals surface area contributed by atoms with Crippen molar-refractivity contribution in [3.63, 3.8) is 0 Å². The molecule has 2 rings (SSSR count). The zero-order valence-corrected chi connectivity index (χ0v) is 14.8. The van der Waals surface area contributed by atoms with Crippen molar-refractivity contribution in [1.29, 1.82) is 0 Å². The van der Waals surface area contributed by atoms with Gasteiger partial charge < -0.3 is 10.6 Å². The van der Waals surface area contributed by atoms with E-state index in [9.17, 15) is 4.79 Å². The monoisotopic (exact) mass is 326 g/mol. The Hall–Kier alpha value is -2.43. The van der Waals surface area contributed by atoms with E-state index in [2.05, 4.69) is 34.4 Å². The lowest BCUT2D eigenvalue weighted by Gasteiger charge is -2.14. The number of anilines is 1. The van der Waals surface area contributed by atoms with Crippen LogP contribution in [-0.2, 0) is 0 Å². The highest BCUT2D eigenvalue weighted by molar-refractivity contribution is 5.93. The first-order valence-electron chi connectivity index (χ1n) is 8.48. The van der Waals surface area contributed by atoms with Gasteiger partial charge in [-0.05, 0) is 19.3 Å². The van der Waals surface area contributed by atoms with Crippen molar-refractivity contribution in [3.8, 4) is 11.4 Å². The molecule has 128 valence electrons. The van der Waals surface area contributed by atoms with Crippen molar-refractivity contribution in [2.45, 2.75) is 40.2 Å². The molecule has 1 heterocycles. The van der Waals surface area contributed by atoms with Gasteiger partial charge in [-0.25, -0.2) is 9.97 Å². The fourth-order valence-electron chi connectivity index (χ4n) is 2.08. The Morgan fingerprint density at radius 3 is 2.46 bits per heavy atom. The van der Waals surface area contributed by atoms with Crippen LogP contribution < -0.4 is 10.6 Å². The van der Waals surface area contributed by atoms with Gasteiger partial charge in [0.2, 0.25) is 0 Å². The van der Waals surface area contributed by atoms with Gasteiger partial charge in [-0.2, -0.15) is 0 Å². The average molecular weight is 326 g/mol. The Labute approximate surface area is 143 Å². The van der Waals surface area contributed by atoms with Gasteiger partial charge in [-0.15, -0.1) is 0 Å². The van der Waals surface area contributed by atoms with Crippen LogP contribution in [0.4, 0.5) is 5.82 Å². The Morgan fingerprint density at radius 1 is 1.12 bits per heavy atom. The maximum atomic E-state index is 12.5. The first-order chi connectivity index (χ1) is 11.5. The first-order valence-corrected chi connectivity index (χ1v) is 8.48. The van der Waals surface area contributed by atoms with E-state index in [-0.39, 0.29) is 11.9 Å². The Bertz CT molecular complexity index is 670. The van der Waals surface area contributed by atoms with Crippen molar-refractivity contribution in [1.82, 2.24) is 15.3 Å². The van der Waals surface area contributed by atoms with Gasteiger partial charge >= 0.3 is 0 Å². The smallest absolute Gasteiger partial charge is 0.270 e. The Morgan fingerprint density at radius 2 is 1.83 bits per heavy atom. The van der Waals surface area contributed by atoms with Crippen molar-refractivity contribution in [2.24, 2.45) is 5.92 Å². The lowest BCUT2D eigenvalue weighted by atomic mass is 10.2. The zero-order chi connectivity index (χ0) is 17.5. The summed E-state index contributed by atoms with van der Waals surface area (Å²) in [6.07, 6.45) is 0.876. The third-order valence-corrected chi connectivity index (χ3v) is 3.67. The summed E-state index contributed by atoms with van der Waals surface area (Å²) >= 11 is 0. The molecule has 0 aliphatic heterocycles. The van der Waals surface area contributed by atoms with E-state index >= 15 is 0 Å². The largest absolute Gasteiger partial charge is 0.370 e. The van der Waals surface area contributed by atoms with E-state index in [0.29, 0.717) is 23.3 Å². The molecular formula is C19H26N4O. The summed E-state index contributed by atoms with van der Waals surface area (Å²) in [4.78, 5) is 21.5. The topological polar surface area (TPSA) is 66.9 Å². The second-order valence-electron chi connectivity index (χ2n) is 6.39. The van der Waals surface area contributed by atoms with Gasteiger partial charge in [0.1, 0.15) is 11.5 Å². The zero-order valence-electron chi connectivity index (χ0n) is 14.8. The summed E-state index contributed by atoms with van der Waals surface area (Å²) in [7, 11) is 0. The van der Waals surface area contributed by atoms with Gasteiger partial charge in [0, 0.05) is 24.2 Å². The molecule has 2 aromatic rings. The first kappa shape index (κ1) is 17.9. The molecule has 0 spiro atoms. The van der Waals surface area contributed by atoms with E-state index in [1.54, 1.807) is 6.07 Å². The minimum atomic E-state index is -0.170. The second kappa shape index (κ2) is 8.43. The number of carbonyl (C=O) groups excluding carboxylic acids is 1. The summed E-state index contributed by atoms with van der Waals surface area (Å²) in [6.45, 7) is 9.06. The average Bonchev–Trinajstić information content (AvgIpc) is 2.60. The molecule has 0 radical (unpaired) electrons. The van der Waals surface area contributed by atoms with Crippen LogP contribution in [0.15, 0.2) is 36.4 Å². The van der Waals surface area contributed by atoms with Crippen LogP contribution >= 0.6 is 0 Å². The molecule has 0 saturated heterocycles. The third kappa shape index (κ3) is 5.05. The van der Waals surface area contributed by atoms with Gasteiger partial charge in [-0.1, -0.05) is 51.1 Å². The summed E-state index contributed by atoms with van der Waals surface area (Å²) in [6, 6.07) is 11.5. The van der Waals surface area contributed by atoms with Gasteiger partial charge in [0.25, 0.3) is 5.91 Å². The highest BCUT2D eigenvalue weighted by Gasteiger charge is 2.14. The Kier molecular flexibility index (Phi) is 6.29. The van der Waals surface area contributed by atoms with Crippen LogP contribution in [0, 0.1) is 5.92 Å². The molecule has 2 N–H and O–H groups in total. The van der Waals surface area contributed by atoms with Crippen LogP contribution in [0.3, 0.4) is 0 Å². The van der Waals surface area contributed by atoms with Gasteiger partial charge in [0.15, 0.2) is 5.82 Å². The number of benzene rings is 1. The normalized spacial score (nSPS) is 12.0. The second-order valence-corrected chi connectivity index (χ2v) is 6.39. The lowest BCUT2D eigenvalue weighted by molar-refractivity contribution is 0.0934. The highest BCUT2D eigenvalue weighted by atomic mass is 16.1. The van der Waals surface area contributed by atoms with Crippen molar-refractivity contribution >= 4 is 11.7 Å². The molecule has 0 saturated carbocycles. The number of amides is 1. The molecule has 0 bridgehead atoms. The molecule has 1 amide bonds. The fourth-order valence-corrected chi connectivity index (χ4v) is 2.08. The number of nitrogens with zero attached hydrogens (tertiary/aromatic N) is 2. The predicted octanol–water partition coefficient (Wildman–Crippen LogP) is 3.74. The van der Waals surface area contributed by atoms with Crippen molar-refractivity contribution in [3.05, 3.63) is 42.1 Å². The quantitative estimate of drug-likeness (QED) is 0.813. The summed E-state index contributed by atoms with van der Waals surface area (Å²) in [5.41, 5.74) is 1.28. The van der Waals surface area contributed by atoms with E-state index in [4.69, 9.17) is 0 Å². The molecular weight excluding hydrogens is 300 g/mol. The van der Waals surface area contributed by atoms with Crippen LogP contribution in [0.1, 0.15) is 44.6 Å². The van der Waals surface area contributed by atoms with Crippen LogP contribution in [-0.4, -0.2) is 28.5 Å². The molecule has 24 heavy (non-hydrogen) atoms. The van der Waals surface area contributed by atoms with Crippen LogP contribution in [0.25, 0.3) is 11.4 Å².